The molecule has 2 N–H and O–H groups in total. The Bertz CT molecular complexity index is 786. The van der Waals surface area contributed by atoms with Gasteiger partial charge >= 0.3 is 0 Å². The molecule has 1 aliphatic heterocycles. The first-order chi connectivity index (χ1) is 13.5. The molecule has 1 aromatic heterocycles. The van der Waals surface area contributed by atoms with Crippen LogP contribution in [-0.2, 0) is 4.74 Å². The molecular weight excluding hydrogens is 354 g/mol. The largest absolute Gasteiger partial charge is 0.379 e. The molecule has 0 radical (unpaired) electrons. The molecule has 150 valence electrons. The quantitative estimate of drug-likeness (QED) is 0.765. The van der Waals surface area contributed by atoms with Crippen LogP contribution in [0.15, 0.2) is 30.6 Å². The number of hydrogen-bond donors (Lipinski definition) is 2. The van der Waals surface area contributed by atoms with Crippen molar-refractivity contribution in [3.05, 3.63) is 47.4 Å². The highest BCUT2D eigenvalue weighted by molar-refractivity contribution is 6.03. The molecule has 7 heteroatoms. The molecule has 1 saturated heterocycles. The van der Waals surface area contributed by atoms with Crippen LogP contribution in [0.5, 0.6) is 0 Å². The van der Waals surface area contributed by atoms with Gasteiger partial charge in [0.05, 0.1) is 25.6 Å². The highest BCUT2D eigenvalue weighted by atomic mass is 16.5. The summed E-state index contributed by atoms with van der Waals surface area (Å²) in [4.78, 5) is 23.6. The lowest BCUT2D eigenvalue weighted by Crippen LogP contribution is -2.39. The summed E-state index contributed by atoms with van der Waals surface area (Å²) in [6.45, 7) is 11.4. The molecule has 0 unspecified atom stereocenters. The van der Waals surface area contributed by atoms with E-state index in [-0.39, 0.29) is 5.91 Å². The topological polar surface area (TPSA) is 79.4 Å². The van der Waals surface area contributed by atoms with E-state index < -0.39 is 0 Å². The summed E-state index contributed by atoms with van der Waals surface area (Å²) in [6.07, 6.45) is 3.12. The highest BCUT2D eigenvalue weighted by Crippen LogP contribution is 2.27. The number of para-hydroxylation sites is 1. The average Bonchev–Trinajstić information content (AvgIpc) is 2.70. The van der Waals surface area contributed by atoms with E-state index in [2.05, 4.69) is 39.3 Å². The number of nitrogens with one attached hydrogen (secondary N) is 2. The van der Waals surface area contributed by atoms with Crippen LogP contribution in [-0.4, -0.2) is 60.2 Å². The van der Waals surface area contributed by atoms with Crippen molar-refractivity contribution < 1.29 is 9.53 Å². The maximum Gasteiger partial charge on any atom is 0.275 e. The maximum atomic E-state index is 12.6. The normalized spacial score (nSPS) is 14.9. The number of hydrogen-bond acceptors (Lipinski definition) is 6. The van der Waals surface area contributed by atoms with Crippen LogP contribution < -0.4 is 10.6 Å². The van der Waals surface area contributed by atoms with Crippen LogP contribution in [0.2, 0.25) is 0 Å². The third-order valence-electron chi connectivity index (χ3n) is 4.89. The Morgan fingerprint density at radius 3 is 2.68 bits per heavy atom. The monoisotopic (exact) mass is 383 g/mol. The second-order valence-electron chi connectivity index (χ2n) is 7.32. The summed E-state index contributed by atoms with van der Waals surface area (Å²) in [5.74, 6) is 0.742. The van der Waals surface area contributed by atoms with Crippen LogP contribution in [0.3, 0.4) is 0 Å². The van der Waals surface area contributed by atoms with Crippen LogP contribution in [0.1, 0.15) is 41.4 Å². The van der Waals surface area contributed by atoms with Gasteiger partial charge in [-0.1, -0.05) is 32.0 Å². The Labute approximate surface area is 166 Å². The first-order valence-corrected chi connectivity index (χ1v) is 9.81. The van der Waals surface area contributed by atoms with Gasteiger partial charge in [-0.2, -0.15) is 0 Å². The van der Waals surface area contributed by atoms with Gasteiger partial charge in [0.2, 0.25) is 0 Å². The Hall–Kier alpha value is -2.51. The molecule has 1 fully saturated rings. The number of carbonyl (C=O) groups excluding carboxylic acids is 1. The number of amides is 1. The summed E-state index contributed by atoms with van der Waals surface area (Å²) < 4.78 is 5.35. The molecule has 0 spiro atoms. The second kappa shape index (κ2) is 9.61. The van der Waals surface area contributed by atoms with Crippen molar-refractivity contribution in [1.82, 2.24) is 14.9 Å². The zero-order chi connectivity index (χ0) is 19.9. The number of aryl methyl sites for hydroxylation is 1. The predicted octanol–water partition coefficient (Wildman–Crippen LogP) is 2.90. The van der Waals surface area contributed by atoms with Gasteiger partial charge in [0.1, 0.15) is 11.5 Å². The van der Waals surface area contributed by atoms with Crippen molar-refractivity contribution >= 4 is 17.4 Å². The lowest BCUT2D eigenvalue weighted by Gasteiger charge is -2.26. The summed E-state index contributed by atoms with van der Waals surface area (Å²) >= 11 is 0. The van der Waals surface area contributed by atoms with E-state index in [0.29, 0.717) is 17.4 Å². The minimum absolute atomic E-state index is 0.247. The zero-order valence-corrected chi connectivity index (χ0v) is 16.9. The molecule has 0 aliphatic carbocycles. The van der Waals surface area contributed by atoms with Gasteiger partial charge in [-0.05, 0) is 24.0 Å². The number of anilines is 2. The van der Waals surface area contributed by atoms with Crippen LogP contribution in [0, 0.1) is 6.92 Å². The Balaban J connectivity index is 1.57. The van der Waals surface area contributed by atoms with Crippen molar-refractivity contribution in [3.63, 3.8) is 0 Å². The number of rotatable bonds is 7. The van der Waals surface area contributed by atoms with Crippen molar-refractivity contribution in [2.45, 2.75) is 26.7 Å². The Kier molecular flexibility index (Phi) is 6.95. The molecule has 28 heavy (non-hydrogen) atoms. The molecule has 0 saturated carbocycles. The van der Waals surface area contributed by atoms with Gasteiger partial charge in [-0.15, -0.1) is 0 Å². The minimum Gasteiger partial charge on any atom is -0.379 e. The number of ether oxygens (including phenoxy) is 1. The third kappa shape index (κ3) is 5.27. The zero-order valence-electron chi connectivity index (χ0n) is 16.9. The minimum atomic E-state index is -0.247. The van der Waals surface area contributed by atoms with Crippen LogP contribution >= 0.6 is 0 Å². The summed E-state index contributed by atoms with van der Waals surface area (Å²) in [7, 11) is 0. The Morgan fingerprint density at radius 2 is 2.00 bits per heavy atom. The van der Waals surface area contributed by atoms with Crippen molar-refractivity contribution in [3.8, 4) is 0 Å². The van der Waals surface area contributed by atoms with Gasteiger partial charge in [0.25, 0.3) is 5.91 Å². The molecule has 1 amide bonds. The molecule has 0 bridgehead atoms. The van der Waals surface area contributed by atoms with Gasteiger partial charge < -0.3 is 15.4 Å². The number of carbonyl (C=O) groups is 1. The fourth-order valence-electron chi connectivity index (χ4n) is 3.22. The molecular formula is C21H29N5O2. The summed E-state index contributed by atoms with van der Waals surface area (Å²) in [6, 6.07) is 6.05. The average molecular weight is 383 g/mol. The van der Waals surface area contributed by atoms with E-state index in [1.807, 2.05) is 25.1 Å². The van der Waals surface area contributed by atoms with Crippen LogP contribution in [0.4, 0.5) is 11.5 Å². The fraction of sp³-hybridized carbons (Fsp3) is 0.476. The molecule has 2 aromatic rings. The van der Waals surface area contributed by atoms with E-state index in [0.717, 1.165) is 56.2 Å². The first-order valence-electron chi connectivity index (χ1n) is 9.81. The molecule has 0 atom stereocenters. The lowest BCUT2D eigenvalue weighted by atomic mass is 9.98. The summed E-state index contributed by atoms with van der Waals surface area (Å²) in [5, 5.41) is 6.25. The molecule has 3 rings (SSSR count). The number of benzene rings is 1. The first kappa shape index (κ1) is 20.2. The van der Waals surface area contributed by atoms with Crippen molar-refractivity contribution in [2.24, 2.45) is 0 Å². The predicted molar refractivity (Wildman–Crippen MR) is 111 cm³/mol. The van der Waals surface area contributed by atoms with E-state index in [4.69, 9.17) is 4.74 Å². The molecule has 2 heterocycles. The van der Waals surface area contributed by atoms with Crippen molar-refractivity contribution in [1.29, 1.82) is 0 Å². The summed E-state index contributed by atoms with van der Waals surface area (Å²) in [5.41, 5.74) is 3.31. The van der Waals surface area contributed by atoms with Gasteiger partial charge in [-0.3, -0.25) is 9.69 Å². The van der Waals surface area contributed by atoms with Gasteiger partial charge in [0, 0.05) is 31.9 Å². The molecule has 7 nitrogen and oxygen atoms in total. The Morgan fingerprint density at radius 1 is 1.21 bits per heavy atom. The van der Waals surface area contributed by atoms with E-state index in [9.17, 15) is 4.79 Å². The van der Waals surface area contributed by atoms with Gasteiger partial charge in [0.15, 0.2) is 0 Å². The highest BCUT2D eigenvalue weighted by Gasteiger charge is 2.15. The number of nitrogens with zero attached hydrogens (tertiary/aromatic N) is 3. The smallest absolute Gasteiger partial charge is 0.275 e. The lowest BCUT2D eigenvalue weighted by molar-refractivity contribution is 0.0398. The van der Waals surface area contributed by atoms with Gasteiger partial charge in [-0.25, -0.2) is 9.97 Å². The molecule has 1 aliphatic rings. The van der Waals surface area contributed by atoms with Crippen molar-refractivity contribution in [2.75, 3.05) is 50.0 Å². The number of morpholine rings is 1. The standard InChI is InChI=1S/C21H29N5O2/c1-15(2)17-6-4-5-16(3)20(17)25-21(27)18-13-24-19(14-23-18)22-7-8-26-9-11-28-12-10-26/h4-6,13-15H,7-12H2,1-3H3,(H,22,24)(H,25,27). The molecule has 1 aromatic carbocycles. The van der Waals surface area contributed by atoms with E-state index >= 15 is 0 Å². The fourth-order valence-corrected chi connectivity index (χ4v) is 3.22. The maximum absolute atomic E-state index is 12.6. The second-order valence-corrected chi connectivity index (χ2v) is 7.32. The van der Waals surface area contributed by atoms with Crippen LogP contribution in [0.25, 0.3) is 0 Å². The van der Waals surface area contributed by atoms with E-state index in [1.165, 1.54) is 6.20 Å². The third-order valence-corrected chi connectivity index (χ3v) is 4.89. The number of aromatic nitrogens is 2. The SMILES string of the molecule is Cc1cccc(C(C)C)c1NC(=O)c1cnc(NCCN2CCOCC2)cn1. The van der Waals surface area contributed by atoms with E-state index in [1.54, 1.807) is 6.20 Å².